The van der Waals surface area contributed by atoms with E-state index in [1.54, 1.807) is 24.3 Å². The highest BCUT2D eigenvalue weighted by Crippen LogP contribution is 2.29. The molecule has 3 aromatic rings. The summed E-state index contributed by atoms with van der Waals surface area (Å²) in [5.74, 6) is -1.86. The average molecular weight is 327 g/mol. The molecule has 0 saturated heterocycles. The Hall–Kier alpha value is -2.49. The summed E-state index contributed by atoms with van der Waals surface area (Å²) in [5, 5.41) is 12.5. The first-order chi connectivity index (χ1) is 10.3. The molecule has 0 radical (unpaired) electrons. The van der Waals surface area contributed by atoms with Crippen LogP contribution in [0.4, 0.5) is 18.9 Å². The van der Waals surface area contributed by atoms with Crippen molar-refractivity contribution in [1.29, 1.82) is 0 Å². The molecule has 0 aliphatic carbocycles. The first-order valence-corrected chi connectivity index (χ1v) is 6.84. The molecule has 10 heteroatoms. The maximum Gasteiger partial charge on any atom is 0.453 e. The van der Waals surface area contributed by atoms with Crippen LogP contribution in [0.15, 0.2) is 24.3 Å². The van der Waals surface area contributed by atoms with Gasteiger partial charge in [-0.25, -0.2) is 0 Å². The van der Waals surface area contributed by atoms with Crippen LogP contribution < -0.4 is 5.32 Å². The molecule has 0 aliphatic heterocycles. The zero-order valence-electron chi connectivity index (χ0n) is 11.0. The van der Waals surface area contributed by atoms with E-state index in [0.29, 0.717) is 10.2 Å². The second kappa shape index (κ2) is 5.05. The van der Waals surface area contributed by atoms with E-state index in [1.165, 1.54) is 0 Å². The SMILES string of the molecule is Cc1ccc(NC(=O)c2nn3c(C(F)(F)F)nnc3s2)cc1. The Balaban J connectivity index is 1.88. The normalized spacial score (nSPS) is 11.8. The number of fused-ring (bicyclic) bond motifs is 1. The number of aryl methyl sites for hydroxylation is 1. The van der Waals surface area contributed by atoms with Crippen molar-refractivity contribution in [1.82, 2.24) is 19.8 Å². The zero-order valence-corrected chi connectivity index (χ0v) is 11.9. The van der Waals surface area contributed by atoms with Crippen molar-refractivity contribution >= 4 is 27.9 Å². The van der Waals surface area contributed by atoms with Crippen molar-refractivity contribution < 1.29 is 18.0 Å². The van der Waals surface area contributed by atoms with Crippen LogP contribution in [0.1, 0.15) is 21.2 Å². The summed E-state index contributed by atoms with van der Waals surface area (Å²) in [5.41, 5.74) is 1.55. The van der Waals surface area contributed by atoms with Crippen molar-refractivity contribution in [2.24, 2.45) is 0 Å². The Morgan fingerprint density at radius 2 is 1.91 bits per heavy atom. The van der Waals surface area contributed by atoms with E-state index in [4.69, 9.17) is 0 Å². The third-order valence-electron chi connectivity index (χ3n) is 2.75. The molecule has 3 rings (SSSR count). The number of halogens is 3. The highest BCUT2D eigenvalue weighted by molar-refractivity contribution is 7.18. The Bertz CT molecular complexity index is 837. The number of hydrogen-bond donors (Lipinski definition) is 1. The number of nitrogens with one attached hydrogen (secondary N) is 1. The number of carbonyl (C=O) groups is 1. The standard InChI is InChI=1S/C12H8F3N5OS/c1-6-2-4-7(5-3-6)16-8(21)9-19-20-10(12(13,14)15)17-18-11(20)22-9/h2-5H,1H3,(H,16,21). The average Bonchev–Trinajstić information content (AvgIpc) is 2.99. The highest BCUT2D eigenvalue weighted by Gasteiger charge is 2.38. The number of amides is 1. The Labute approximate surface area is 125 Å². The Morgan fingerprint density at radius 1 is 1.23 bits per heavy atom. The Kier molecular flexibility index (Phi) is 3.32. The number of anilines is 1. The van der Waals surface area contributed by atoms with E-state index >= 15 is 0 Å². The van der Waals surface area contributed by atoms with Crippen LogP contribution in [-0.2, 0) is 6.18 Å². The lowest BCUT2D eigenvalue weighted by atomic mass is 10.2. The summed E-state index contributed by atoms with van der Waals surface area (Å²) in [4.78, 5) is 11.9. The molecule has 0 unspecified atom stereocenters. The molecule has 0 aliphatic rings. The molecular weight excluding hydrogens is 319 g/mol. The summed E-state index contributed by atoms with van der Waals surface area (Å²) < 4.78 is 38.6. The molecule has 1 amide bonds. The molecule has 0 bridgehead atoms. The van der Waals surface area contributed by atoms with E-state index in [-0.39, 0.29) is 9.97 Å². The summed E-state index contributed by atoms with van der Waals surface area (Å²) in [6, 6.07) is 6.98. The number of hydrogen-bond acceptors (Lipinski definition) is 5. The van der Waals surface area contributed by atoms with Crippen LogP contribution in [-0.4, -0.2) is 25.7 Å². The lowest BCUT2D eigenvalue weighted by Gasteiger charge is -2.03. The lowest BCUT2D eigenvalue weighted by Crippen LogP contribution is -2.14. The first kappa shape index (κ1) is 14.4. The van der Waals surface area contributed by atoms with Gasteiger partial charge in [0.1, 0.15) is 0 Å². The van der Waals surface area contributed by atoms with Gasteiger partial charge in [0, 0.05) is 5.69 Å². The molecule has 0 fully saturated rings. The molecule has 0 spiro atoms. The van der Waals surface area contributed by atoms with Crippen LogP contribution in [0, 0.1) is 6.92 Å². The number of aromatic nitrogens is 4. The monoisotopic (exact) mass is 327 g/mol. The van der Waals surface area contributed by atoms with Crippen molar-refractivity contribution in [3.8, 4) is 0 Å². The van der Waals surface area contributed by atoms with Crippen LogP contribution in [0.3, 0.4) is 0 Å². The van der Waals surface area contributed by atoms with Gasteiger partial charge in [-0.15, -0.1) is 15.3 Å². The van der Waals surface area contributed by atoms with Gasteiger partial charge in [0.15, 0.2) is 0 Å². The molecule has 2 heterocycles. The fraction of sp³-hybridized carbons (Fsp3) is 0.167. The summed E-state index contributed by atoms with van der Waals surface area (Å²) in [6.45, 7) is 1.90. The van der Waals surface area contributed by atoms with Crippen LogP contribution in [0.5, 0.6) is 0 Å². The fourth-order valence-corrected chi connectivity index (χ4v) is 2.44. The molecule has 1 N–H and O–H groups in total. The van der Waals surface area contributed by atoms with Gasteiger partial charge in [0.05, 0.1) is 0 Å². The van der Waals surface area contributed by atoms with Crippen LogP contribution in [0.2, 0.25) is 0 Å². The Morgan fingerprint density at radius 3 is 2.55 bits per heavy atom. The smallest absolute Gasteiger partial charge is 0.320 e. The molecule has 0 atom stereocenters. The van der Waals surface area contributed by atoms with Crippen LogP contribution in [0.25, 0.3) is 4.96 Å². The minimum Gasteiger partial charge on any atom is -0.320 e. The van der Waals surface area contributed by atoms with Gasteiger partial charge < -0.3 is 5.32 Å². The van der Waals surface area contributed by atoms with Gasteiger partial charge in [-0.1, -0.05) is 29.0 Å². The van der Waals surface area contributed by atoms with E-state index in [2.05, 4.69) is 20.6 Å². The molecule has 6 nitrogen and oxygen atoms in total. The molecule has 1 aromatic carbocycles. The first-order valence-electron chi connectivity index (χ1n) is 6.02. The number of nitrogens with zero attached hydrogens (tertiary/aromatic N) is 4. The van der Waals surface area contributed by atoms with E-state index in [9.17, 15) is 18.0 Å². The van der Waals surface area contributed by atoms with Crippen molar-refractivity contribution in [3.63, 3.8) is 0 Å². The summed E-state index contributed by atoms with van der Waals surface area (Å²) in [6.07, 6.45) is -4.68. The molecular formula is C12H8F3N5OS. The minimum atomic E-state index is -4.68. The minimum absolute atomic E-state index is 0.0959. The second-order valence-corrected chi connectivity index (χ2v) is 5.40. The van der Waals surface area contributed by atoms with Gasteiger partial charge in [-0.3, -0.25) is 4.79 Å². The van der Waals surface area contributed by atoms with E-state index in [0.717, 1.165) is 16.9 Å². The summed E-state index contributed by atoms with van der Waals surface area (Å²) in [7, 11) is 0. The van der Waals surface area contributed by atoms with Crippen molar-refractivity contribution in [2.45, 2.75) is 13.1 Å². The quantitative estimate of drug-likeness (QED) is 0.785. The zero-order chi connectivity index (χ0) is 15.9. The van der Waals surface area contributed by atoms with Gasteiger partial charge in [0.2, 0.25) is 9.97 Å². The highest BCUT2D eigenvalue weighted by atomic mass is 32.1. The largest absolute Gasteiger partial charge is 0.453 e. The van der Waals surface area contributed by atoms with Gasteiger partial charge >= 0.3 is 6.18 Å². The predicted molar refractivity (Wildman–Crippen MR) is 72.8 cm³/mol. The van der Waals surface area contributed by atoms with Crippen molar-refractivity contribution in [3.05, 3.63) is 40.7 Å². The number of alkyl halides is 3. The number of benzene rings is 1. The van der Waals surface area contributed by atoms with E-state index < -0.39 is 17.9 Å². The molecule has 114 valence electrons. The van der Waals surface area contributed by atoms with Crippen LogP contribution >= 0.6 is 11.3 Å². The summed E-state index contributed by atoms with van der Waals surface area (Å²) >= 11 is 0.731. The topological polar surface area (TPSA) is 72.2 Å². The van der Waals surface area contributed by atoms with Crippen molar-refractivity contribution in [2.75, 3.05) is 5.32 Å². The lowest BCUT2D eigenvalue weighted by molar-refractivity contribution is -0.146. The maximum atomic E-state index is 12.7. The third kappa shape index (κ3) is 2.64. The molecule has 0 saturated carbocycles. The van der Waals surface area contributed by atoms with Gasteiger partial charge in [-0.2, -0.15) is 17.7 Å². The molecule has 2 aromatic heterocycles. The predicted octanol–water partition coefficient (Wildman–Crippen LogP) is 2.77. The van der Waals surface area contributed by atoms with E-state index in [1.807, 2.05) is 6.92 Å². The third-order valence-corrected chi connectivity index (χ3v) is 3.65. The van der Waals surface area contributed by atoms with Gasteiger partial charge in [0.25, 0.3) is 11.7 Å². The molecule has 22 heavy (non-hydrogen) atoms. The number of carbonyl (C=O) groups excluding carboxylic acids is 1. The maximum absolute atomic E-state index is 12.7. The second-order valence-electron chi connectivity index (χ2n) is 4.44. The fourth-order valence-electron chi connectivity index (χ4n) is 1.71. The van der Waals surface area contributed by atoms with Gasteiger partial charge in [-0.05, 0) is 19.1 Å². The number of rotatable bonds is 2.